The van der Waals surface area contributed by atoms with E-state index >= 15 is 0 Å². The topological polar surface area (TPSA) is 102 Å². The summed E-state index contributed by atoms with van der Waals surface area (Å²) in [4.78, 5) is 40.2. The highest BCUT2D eigenvalue weighted by atomic mass is 16.4. The Morgan fingerprint density at radius 1 is 1.16 bits per heavy atom. The molecule has 2 aromatic heterocycles. The Balaban J connectivity index is 1.59. The summed E-state index contributed by atoms with van der Waals surface area (Å²) < 4.78 is 0. The average molecular weight is 422 g/mol. The number of piperazine rings is 1. The smallest absolute Gasteiger partial charge is 0.317 e. The van der Waals surface area contributed by atoms with Gasteiger partial charge in [-0.05, 0) is 12.1 Å². The van der Waals surface area contributed by atoms with Crippen molar-refractivity contribution in [2.24, 2.45) is 5.41 Å². The fourth-order valence-electron chi connectivity index (χ4n) is 3.82. The number of aromatic nitrogens is 3. The molecule has 0 aliphatic carbocycles. The van der Waals surface area contributed by atoms with E-state index in [0.29, 0.717) is 35.5 Å². The number of ketones is 1. The summed E-state index contributed by atoms with van der Waals surface area (Å²) in [7, 11) is 0. The van der Waals surface area contributed by atoms with Gasteiger partial charge in [-0.3, -0.25) is 14.5 Å². The van der Waals surface area contributed by atoms with Crippen LogP contribution in [-0.2, 0) is 4.79 Å². The summed E-state index contributed by atoms with van der Waals surface area (Å²) in [5, 5.41) is 8.98. The van der Waals surface area contributed by atoms with Gasteiger partial charge in [0.25, 0.3) is 0 Å². The lowest BCUT2D eigenvalue weighted by Crippen LogP contribution is -2.47. The van der Waals surface area contributed by atoms with E-state index in [4.69, 9.17) is 10.1 Å². The fraction of sp³-hybridized carbons (Fsp3) is 0.391. The number of fused-ring (bicyclic) bond motifs is 1. The zero-order valence-corrected chi connectivity index (χ0v) is 18.1. The number of rotatable bonds is 5. The van der Waals surface area contributed by atoms with Crippen LogP contribution in [0.15, 0.2) is 36.7 Å². The number of hydrogen-bond donors (Lipinski definition) is 2. The Kier molecular flexibility index (Phi) is 5.49. The number of nitrogens with one attached hydrogen (secondary N) is 1. The first kappa shape index (κ1) is 21.0. The normalized spacial score (nSPS) is 15.4. The Labute approximate surface area is 180 Å². The SMILES string of the molecule is CC(C)(C)C(=O)c1c[nH]c2ncc(-c3cccc(N4CCN(CC(=O)O)CC4)c3)nc12. The van der Waals surface area contributed by atoms with Crippen LogP contribution in [0.3, 0.4) is 0 Å². The van der Waals surface area contributed by atoms with Gasteiger partial charge in [-0.2, -0.15) is 0 Å². The van der Waals surface area contributed by atoms with Gasteiger partial charge in [0, 0.05) is 49.0 Å². The first-order valence-electron chi connectivity index (χ1n) is 10.4. The molecule has 3 heterocycles. The first-order valence-corrected chi connectivity index (χ1v) is 10.4. The molecule has 1 saturated heterocycles. The van der Waals surface area contributed by atoms with Crippen LogP contribution in [0.2, 0.25) is 0 Å². The summed E-state index contributed by atoms with van der Waals surface area (Å²) in [5.41, 5.74) is 3.94. The highest BCUT2D eigenvalue weighted by Crippen LogP contribution is 2.28. The molecule has 1 aliphatic heterocycles. The lowest BCUT2D eigenvalue weighted by Gasteiger charge is -2.35. The number of nitrogens with zero attached hydrogens (tertiary/aromatic N) is 4. The minimum absolute atomic E-state index is 0.0261. The average Bonchev–Trinajstić information content (AvgIpc) is 3.16. The number of carboxylic acids is 1. The van der Waals surface area contributed by atoms with Crippen molar-refractivity contribution in [3.63, 3.8) is 0 Å². The van der Waals surface area contributed by atoms with E-state index < -0.39 is 11.4 Å². The van der Waals surface area contributed by atoms with E-state index in [-0.39, 0.29) is 12.3 Å². The van der Waals surface area contributed by atoms with E-state index in [1.807, 2.05) is 43.9 Å². The van der Waals surface area contributed by atoms with Crippen LogP contribution in [0.4, 0.5) is 5.69 Å². The predicted octanol–water partition coefficient (Wildman–Crippen LogP) is 3.06. The van der Waals surface area contributed by atoms with E-state index in [9.17, 15) is 9.59 Å². The van der Waals surface area contributed by atoms with Gasteiger partial charge in [-0.1, -0.05) is 32.9 Å². The van der Waals surface area contributed by atoms with Crippen molar-refractivity contribution in [1.29, 1.82) is 0 Å². The van der Waals surface area contributed by atoms with Crippen LogP contribution in [0.1, 0.15) is 31.1 Å². The Hall–Kier alpha value is -3.26. The number of aliphatic carboxylic acids is 1. The summed E-state index contributed by atoms with van der Waals surface area (Å²) in [5.74, 6) is -0.767. The van der Waals surface area contributed by atoms with E-state index in [2.05, 4.69) is 20.9 Å². The number of benzene rings is 1. The van der Waals surface area contributed by atoms with E-state index in [1.165, 1.54) is 0 Å². The molecule has 0 radical (unpaired) electrons. The minimum atomic E-state index is -0.793. The maximum Gasteiger partial charge on any atom is 0.317 e. The summed E-state index contributed by atoms with van der Waals surface area (Å²) in [6.45, 7) is 8.72. The van der Waals surface area contributed by atoms with Gasteiger partial charge >= 0.3 is 5.97 Å². The maximum atomic E-state index is 12.8. The zero-order chi connectivity index (χ0) is 22.2. The van der Waals surface area contributed by atoms with Gasteiger partial charge in [-0.15, -0.1) is 0 Å². The maximum absolute atomic E-state index is 12.8. The molecule has 4 rings (SSSR count). The molecule has 0 amide bonds. The first-order chi connectivity index (χ1) is 14.7. The monoisotopic (exact) mass is 421 g/mol. The zero-order valence-electron chi connectivity index (χ0n) is 18.1. The second-order valence-corrected chi connectivity index (χ2v) is 8.94. The van der Waals surface area contributed by atoms with Crippen molar-refractivity contribution in [2.45, 2.75) is 20.8 Å². The van der Waals surface area contributed by atoms with Crippen LogP contribution in [-0.4, -0.2) is 69.4 Å². The second kappa shape index (κ2) is 8.11. The number of carbonyl (C=O) groups is 2. The molecule has 1 fully saturated rings. The van der Waals surface area contributed by atoms with E-state index in [1.54, 1.807) is 12.4 Å². The summed E-state index contributed by atoms with van der Waals surface area (Å²) in [6.07, 6.45) is 3.41. The molecule has 8 heteroatoms. The number of Topliss-reactive ketones (excluding diaryl/α,β-unsaturated/α-hetero) is 1. The summed E-state index contributed by atoms with van der Waals surface area (Å²) >= 11 is 0. The van der Waals surface area contributed by atoms with Crippen LogP contribution < -0.4 is 4.90 Å². The second-order valence-electron chi connectivity index (χ2n) is 8.94. The van der Waals surface area contributed by atoms with Crippen LogP contribution >= 0.6 is 0 Å². The summed E-state index contributed by atoms with van der Waals surface area (Å²) in [6, 6.07) is 8.09. The molecule has 3 aromatic rings. The molecule has 1 aliphatic rings. The van der Waals surface area contributed by atoms with Gasteiger partial charge in [-0.25, -0.2) is 9.97 Å². The molecule has 2 N–H and O–H groups in total. The molecule has 0 unspecified atom stereocenters. The van der Waals surface area contributed by atoms with Crippen LogP contribution in [0.25, 0.3) is 22.4 Å². The predicted molar refractivity (Wildman–Crippen MR) is 119 cm³/mol. The fourth-order valence-corrected chi connectivity index (χ4v) is 3.82. The highest BCUT2D eigenvalue weighted by molar-refractivity contribution is 6.08. The van der Waals surface area contributed by atoms with Crippen LogP contribution in [0.5, 0.6) is 0 Å². The van der Waals surface area contributed by atoms with Crippen molar-refractivity contribution < 1.29 is 14.7 Å². The molecule has 162 valence electrons. The van der Waals surface area contributed by atoms with Crippen molar-refractivity contribution in [2.75, 3.05) is 37.6 Å². The van der Waals surface area contributed by atoms with Gasteiger partial charge in [0.15, 0.2) is 11.4 Å². The standard InChI is InChI=1S/C23H27N5O3/c1-23(2,3)21(31)17-12-24-22-20(17)26-18(13-25-22)15-5-4-6-16(11-15)28-9-7-27(8-10-28)14-19(29)30/h4-6,11-13H,7-10,14H2,1-3H3,(H,24,25)(H,29,30). The third kappa shape index (κ3) is 4.44. The van der Waals surface area contributed by atoms with E-state index in [0.717, 1.165) is 24.3 Å². The van der Waals surface area contributed by atoms with Gasteiger partial charge < -0.3 is 15.0 Å². The molecular weight excluding hydrogens is 394 g/mol. The molecule has 1 aromatic carbocycles. The third-order valence-corrected chi connectivity index (χ3v) is 5.54. The molecule has 31 heavy (non-hydrogen) atoms. The molecule has 0 bridgehead atoms. The number of anilines is 1. The Morgan fingerprint density at radius 2 is 1.90 bits per heavy atom. The lowest BCUT2D eigenvalue weighted by atomic mass is 9.87. The molecular formula is C23H27N5O3. The molecule has 8 nitrogen and oxygen atoms in total. The quantitative estimate of drug-likeness (QED) is 0.611. The van der Waals surface area contributed by atoms with Crippen molar-refractivity contribution in [3.8, 4) is 11.3 Å². The molecule has 0 saturated carbocycles. The Bertz CT molecular complexity index is 1120. The van der Waals surface area contributed by atoms with Gasteiger partial charge in [0.2, 0.25) is 0 Å². The largest absolute Gasteiger partial charge is 0.480 e. The number of carbonyl (C=O) groups excluding carboxylic acids is 1. The molecule has 0 spiro atoms. The number of carboxylic acid groups (broad SMARTS) is 1. The number of aromatic amines is 1. The van der Waals surface area contributed by atoms with Gasteiger partial charge in [0.1, 0.15) is 5.52 Å². The lowest BCUT2D eigenvalue weighted by molar-refractivity contribution is -0.138. The van der Waals surface area contributed by atoms with Crippen molar-refractivity contribution >= 4 is 28.6 Å². The number of hydrogen-bond acceptors (Lipinski definition) is 6. The number of H-pyrrole nitrogens is 1. The molecule has 0 atom stereocenters. The third-order valence-electron chi connectivity index (χ3n) is 5.54. The van der Waals surface area contributed by atoms with Gasteiger partial charge in [0.05, 0.1) is 24.0 Å². The van der Waals surface area contributed by atoms with Crippen molar-refractivity contribution in [1.82, 2.24) is 19.9 Å². The van der Waals surface area contributed by atoms with Crippen molar-refractivity contribution in [3.05, 3.63) is 42.2 Å². The highest BCUT2D eigenvalue weighted by Gasteiger charge is 2.26. The minimum Gasteiger partial charge on any atom is -0.480 e. The Morgan fingerprint density at radius 3 is 2.58 bits per heavy atom. The van der Waals surface area contributed by atoms with Crippen LogP contribution in [0, 0.1) is 5.41 Å².